The fourth-order valence-electron chi connectivity index (χ4n) is 5.91. The first-order valence-electron chi connectivity index (χ1n) is 18.6. The van der Waals surface area contributed by atoms with Crippen molar-refractivity contribution in [1.82, 2.24) is 0 Å². The van der Waals surface area contributed by atoms with Crippen LogP contribution in [0.25, 0.3) is 0 Å². The molecule has 0 aromatic heterocycles. The number of carbonyl (C=O) groups is 5. The summed E-state index contributed by atoms with van der Waals surface area (Å²) in [5, 5.41) is 43.9. The molecule has 0 amide bonds. The number of ketones is 2. The molecule has 0 aliphatic rings. The van der Waals surface area contributed by atoms with E-state index in [0.29, 0.717) is 12.5 Å². The Balaban J connectivity index is 0.000000541. The quantitative estimate of drug-likeness (QED) is 0.0510. The van der Waals surface area contributed by atoms with Crippen molar-refractivity contribution in [2.45, 2.75) is 89.8 Å². The fraction of sp³-hybridized carbons (Fsp3) is 0.465. The van der Waals surface area contributed by atoms with Crippen molar-refractivity contribution < 1.29 is 70.6 Å². The Bertz CT molecular complexity index is 1590. The lowest BCUT2D eigenvalue weighted by Crippen LogP contribution is -3.00. The number of benzene rings is 3. The number of halogens is 1. The predicted octanol–water partition coefficient (Wildman–Crippen LogP) is 0.687. The number of Topliss-reactive ketones (excluding diaryl/α,β-unsaturated/α-hetero) is 2. The second-order valence-electron chi connectivity index (χ2n) is 14.8. The molecular formula is C43H56BrNO10-2. The number of ether oxygens (including phenoxy) is 1. The number of aliphatic carboxylic acids is 2. The van der Waals surface area contributed by atoms with E-state index in [0.717, 1.165) is 53.8 Å². The largest absolute Gasteiger partial charge is 1.00 e. The summed E-state index contributed by atoms with van der Waals surface area (Å²) in [7, 11) is 4.47. The molecule has 11 nitrogen and oxygen atoms in total. The van der Waals surface area contributed by atoms with Gasteiger partial charge in [0.25, 0.3) is 0 Å². The molecule has 0 aliphatic heterocycles. The summed E-state index contributed by atoms with van der Waals surface area (Å²) in [5.74, 6) is -8.49. The number of carboxylic acid groups (broad SMARTS) is 2. The van der Waals surface area contributed by atoms with E-state index in [9.17, 15) is 44.4 Å². The molecule has 1 unspecified atom stereocenters. The SMILES string of the molecule is CCCCCCCC[N+](C)(C)CCOC(=O)C(C)c1ccc(CC(C)C)cc1.O=C([O-])[C@](O)(C(=O)c1ccccc1)[C@](O)(C(=O)[O-])C(=O)c1ccccc1.[Br-]. The number of hydrogen-bond donors (Lipinski definition) is 2. The maximum atomic E-state index is 12.5. The average Bonchev–Trinajstić information content (AvgIpc) is 3.15. The molecule has 12 heteroatoms. The van der Waals surface area contributed by atoms with E-state index in [1.807, 2.05) is 6.92 Å². The lowest BCUT2D eigenvalue weighted by Gasteiger charge is -2.42. The van der Waals surface area contributed by atoms with Gasteiger partial charge in [0.15, 0.2) is 0 Å². The third-order valence-electron chi connectivity index (χ3n) is 9.38. The lowest BCUT2D eigenvalue weighted by molar-refractivity contribution is -0.890. The average molecular weight is 827 g/mol. The van der Waals surface area contributed by atoms with Crippen molar-refractivity contribution in [1.29, 1.82) is 0 Å². The van der Waals surface area contributed by atoms with Crippen LogP contribution in [0.5, 0.6) is 0 Å². The van der Waals surface area contributed by atoms with Crippen LogP contribution >= 0.6 is 0 Å². The van der Waals surface area contributed by atoms with E-state index in [-0.39, 0.29) is 28.9 Å². The number of carboxylic acids is 2. The number of hydrogen-bond acceptors (Lipinski definition) is 10. The number of quaternary nitrogens is 1. The van der Waals surface area contributed by atoms with Crippen molar-refractivity contribution in [2.75, 3.05) is 33.8 Å². The van der Waals surface area contributed by atoms with E-state index in [2.05, 4.69) is 59.1 Å². The Morgan fingerprint density at radius 2 is 1.11 bits per heavy atom. The Labute approximate surface area is 335 Å². The Kier molecular flexibility index (Phi) is 20.4. The van der Waals surface area contributed by atoms with Crippen LogP contribution < -0.4 is 27.2 Å². The number of esters is 1. The first-order valence-corrected chi connectivity index (χ1v) is 18.6. The predicted molar refractivity (Wildman–Crippen MR) is 201 cm³/mol. The molecule has 3 aromatic carbocycles. The van der Waals surface area contributed by atoms with E-state index in [4.69, 9.17) is 4.74 Å². The van der Waals surface area contributed by atoms with Gasteiger partial charge in [-0.25, -0.2) is 0 Å². The number of aliphatic hydroxyl groups is 2. The van der Waals surface area contributed by atoms with Crippen molar-refractivity contribution >= 4 is 29.5 Å². The van der Waals surface area contributed by atoms with Crippen LogP contribution in [0.2, 0.25) is 0 Å². The molecule has 0 saturated heterocycles. The van der Waals surface area contributed by atoms with Gasteiger partial charge in [0.05, 0.1) is 38.5 Å². The zero-order valence-corrected chi connectivity index (χ0v) is 34.4. The number of rotatable bonds is 21. The number of nitrogens with zero attached hydrogens (tertiary/aromatic N) is 1. The highest BCUT2D eigenvalue weighted by molar-refractivity contribution is 6.27. The molecule has 3 aromatic rings. The van der Waals surface area contributed by atoms with Gasteiger partial charge in [-0.2, -0.15) is 0 Å². The Morgan fingerprint density at radius 3 is 1.53 bits per heavy atom. The van der Waals surface area contributed by atoms with Crippen LogP contribution in [-0.2, 0) is 25.5 Å². The summed E-state index contributed by atoms with van der Waals surface area (Å²) in [6.07, 6.45) is 8.99. The first kappa shape index (κ1) is 48.8. The van der Waals surface area contributed by atoms with E-state index < -0.39 is 45.8 Å². The topological polar surface area (TPSA) is 181 Å². The Hall–Kier alpha value is -4.23. The normalized spacial score (nSPS) is 13.8. The highest BCUT2D eigenvalue weighted by Crippen LogP contribution is 2.30. The van der Waals surface area contributed by atoms with Crippen molar-refractivity contribution in [3.63, 3.8) is 0 Å². The van der Waals surface area contributed by atoms with Crippen LogP contribution in [0.3, 0.4) is 0 Å². The molecule has 0 bridgehead atoms. The summed E-state index contributed by atoms with van der Waals surface area (Å²) in [4.78, 5) is 60.5. The lowest BCUT2D eigenvalue weighted by atomic mass is 9.73. The number of unbranched alkanes of at least 4 members (excludes halogenated alkanes) is 5. The minimum absolute atomic E-state index is 0. The van der Waals surface area contributed by atoms with Crippen LogP contribution in [0, 0.1) is 5.92 Å². The van der Waals surface area contributed by atoms with Gasteiger partial charge in [0, 0.05) is 11.1 Å². The molecular weight excluding hydrogens is 770 g/mol. The molecule has 2 N–H and O–H groups in total. The van der Waals surface area contributed by atoms with Gasteiger partial charge in [-0.05, 0) is 43.2 Å². The molecule has 0 radical (unpaired) electrons. The highest BCUT2D eigenvalue weighted by atomic mass is 79.9. The third kappa shape index (κ3) is 13.8. The fourth-order valence-corrected chi connectivity index (χ4v) is 5.91. The molecule has 0 heterocycles. The van der Waals surface area contributed by atoms with Crippen LogP contribution in [0.1, 0.15) is 104 Å². The second kappa shape index (κ2) is 23.0. The highest BCUT2D eigenvalue weighted by Gasteiger charge is 2.62. The second-order valence-corrected chi connectivity index (χ2v) is 14.8. The minimum atomic E-state index is -4.12. The number of likely N-dealkylation sites (N-methyl/N-ethyl adjacent to an activating group) is 1. The third-order valence-corrected chi connectivity index (χ3v) is 9.38. The Morgan fingerprint density at radius 1 is 0.673 bits per heavy atom. The van der Waals surface area contributed by atoms with Gasteiger partial charge in [0.2, 0.25) is 22.8 Å². The van der Waals surface area contributed by atoms with Gasteiger partial charge in [-0.1, -0.05) is 131 Å². The molecule has 0 saturated carbocycles. The van der Waals surface area contributed by atoms with Gasteiger partial charge < -0.3 is 56.2 Å². The van der Waals surface area contributed by atoms with Gasteiger partial charge >= 0.3 is 5.97 Å². The van der Waals surface area contributed by atoms with Gasteiger partial charge in [0.1, 0.15) is 13.2 Å². The maximum absolute atomic E-state index is 12.5. The monoisotopic (exact) mass is 825 g/mol. The smallest absolute Gasteiger partial charge is 0.313 e. The van der Waals surface area contributed by atoms with E-state index in [1.54, 1.807) is 0 Å². The van der Waals surface area contributed by atoms with Crippen LogP contribution in [0.15, 0.2) is 84.9 Å². The molecule has 3 rings (SSSR count). The van der Waals surface area contributed by atoms with Gasteiger partial charge in [-0.15, -0.1) is 0 Å². The summed E-state index contributed by atoms with van der Waals surface area (Å²) in [5.41, 5.74) is -6.80. The van der Waals surface area contributed by atoms with Crippen LogP contribution in [-0.4, -0.2) is 89.2 Å². The molecule has 302 valence electrons. The van der Waals surface area contributed by atoms with Crippen molar-refractivity contribution in [3.05, 3.63) is 107 Å². The van der Waals surface area contributed by atoms with Crippen molar-refractivity contribution in [3.8, 4) is 0 Å². The van der Waals surface area contributed by atoms with E-state index in [1.165, 1.54) is 80.5 Å². The maximum Gasteiger partial charge on any atom is 0.313 e. The minimum Gasteiger partial charge on any atom is -1.00 e. The zero-order valence-electron chi connectivity index (χ0n) is 32.8. The zero-order chi connectivity index (χ0) is 40.5. The molecule has 0 aliphatic carbocycles. The standard InChI is InChI=1S/C25H44NO2.C18H14O8.BrH/c1-7-8-9-10-11-12-17-26(5,6)18-19-28-25(27)22(4)24-15-13-23(14-16-24)20-21(2)3;19-13(11-7-3-1-4-8-11)17(25,15(21)22)18(26,16(23)24)14(20)12-9-5-2-6-10-12;/h13-16,21-22H,7-12,17-20H2,1-6H3;1-10,25-26H,(H,21,22)(H,23,24);1H/q+1;;/p-3/t;17-,18-;/m.1./s1. The summed E-state index contributed by atoms with van der Waals surface area (Å²) < 4.78 is 6.51. The van der Waals surface area contributed by atoms with E-state index >= 15 is 0 Å². The van der Waals surface area contributed by atoms with Crippen LogP contribution in [0.4, 0.5) is 0 Å². The van der Waals surface area contributed by atoms with Crippen molar-refractivity contribution in [2.24, 2.45) is 5.92 Å². The molecule has 0 spiro atoms. The molecule has 55 heavy (non-hydrogen) atoms. The summed E-state index contributed by atoms with van der Waals surface area (Å²) >= 11 is 0. The van der Waals surface area contributed by atoms with Gasteiger partial charge in [-0.3, -0.25) is 14.4 Å². The molecule has 3 atom stereocenters. The first-order chi connectivity index (χ1) is 25.4. The number of carbonyl (C=O) groups excluding carboxylic acids is 5. The summed E-state index contributed by atoms with van der Waals surface area (Å²) in [6.45, 7) is 11.2. The summed E-state index contributed by atoms with van der Waals surface area (Å²) in [6, 6.07) is 20.9. The molecule has 0 fully saturated rings.